The summed E-state index contributed by atoms with van der Waals surface area (Å²) in [5, 5.41) is 19.8. The van der Waals surface area contributed by atoms with Gasteiger partial charge in [-0.05, 0) is 25.2 Å². The van der Waals surface area contributed by atoms with Crippen LogP contribution in [0.2, 0.25) is 0 Å². The molecule has 6 heteroatoms. The maximum absolute atomic E-state index is 11.0. The Kier molecular flexibility index (Phi) is 4.49. The zero-order chi connectivity index (χ0) is 14.5. The first-order valence-corrected chi connectivity index (χ1v) is 6.23. The van der Waals surface area contributed by atoms with Crippen LogP contribution in [0.1, 0.15) is 5.76 Å². The standard InChI is InChI=1S/C14H16N2O4/c1-15(8-9-17)10-11-6-7-14(20-11)12-4-2-3-5-13(12)16(18)19/h2-7,17H,8-10H2,1H3. The molecule has 106 valence electrons. The van der Waals surface area contributed by atoms with Crippen molar-refractivity contribution in [2.45, 2.75) is 6.54 Å². The number of hydrogen-bond acceptors (Lipinski definition) is 5. The summed E-state index contributed by atoms with van der Waals surface area (Å²) in [6.45, 7) is 1.16. The van der Waals surface area contributed by atoms with E-state index in [1.54, 1.807) is 30.3 Å². The number of para-hydroxylation sites is 1. The van der Waals surface area contributed by atoms with Crippen molar-refractivity contribution < 1.29 is 14.4 Å². The van der Waals surface area contributed by atoms with Crippen molar-refractivity contribution >= 4 is 5.69 Å². The third-order valence-electron chi connectivity index (χ3n) is 2.94. The lowest BCUT2D eigenvalue weighted by atomic mass is 10.1. The molecule has 0 atom stereocenters. The van der Waals surface area contributed by atoms with Gasteiger partial charge in [0, 0.05) is 12.6 Å². The summed E-state index contributed by atoms with van der Waals surface area (Å²) in [7, 11) is 1.86. The van der Waals surface area contributed by atoms with E-state index < -0.39 is 4.92 Å². The van der Waals surface area contributed by atoms with Crippen LogP contribution in [0.3, 0.4) is 0 Å². The molecule has 1 N–H and O–H groups in total. The molecule has 20 heavy (non-hydrogen) atoms. The van der Waals surface area contributed by atoms with Gasteiger partial charge in [0.1, 0.15) is 11.5 Å². The van der Waals surface area contributed by atoms with Crippen molar-refractivity contribution in [2.24, 2.45) is 0 Å². The molecule has 0 fully saturated rings. The van der Waals surface area contributed by atoms with Crippen molar-refractivity contribution in [3.63, 3.8) is 0 Å². The van der Waals surface area contributed by atoms with Crippen LogP contribution >= 0.6 is 0 Å². The highest BCUT2D eigenvalue weighted by Gasteiger charge is 2.17. The summed E-state index contributed by atoms with van der Waals surface area (Å²) >= 11 is 0. The van der Waals surface area contributed by atoms with Gasteiger partial charge in [-0.2, -0.15) is 0 Å². The van der Waals surface area contributed by atoms with Gasteiger partial charge in [0.15, 0.2) is 0 Å². The highest BCUT2D eigenvalue weighted by atomic mass is 16.6. The van der Waals surface area contributed by atoms with E-state index in [4.69, 9.17) is 9.52 Å². The van der Waals surface area contributed by atoms with E-state index in [0.717, 1.165) is 0 Å². The van der Waals surface area contributed by atoms with Gasteiger partial charge in [-0.25, -0.2) is 0 Å². The Morgan fingerprint density at radius 1 is 1.30 bits per heavy atom. The molecule has 0 aliphatic heterocycles. The van der Waals surface area contributed by atoms with Crippen molar-refractivity contribution in [2.75, 3.05) is 20.2 Å². The number of likely N-dealkylation sites (N-methyl/N-ethyl adjacent to an activating group) is 1. The van der Waals surface area contributed by atoms with Crippen molar-refractivity contribution in [3.05, 3.63) is 52.3 Å². The first-order valence-electron chi connectivity index (χ1n) is 6.23. The summed E-state index contributed by atoms with van der Waals surface area (Å²) in [5.74, 6) is 1.18. The number of hydrogen-bond donors (Lipinski definition) is 1. The van der Waals surface area contributed by atoms with Crippen LogP contribution in [0.5, 0.6) is 0 Å². The Hall–Kier alpha value is -2.18. The topological polar surface area (TPSA) is 79.8 Å². The molecule has 0 saturated heterocycles. The average Bonchev–Trinajstić information content (AvgIpc) is 2.87. The summed E-state index contributed by atoms with van der Waals surface area (Å²) < 4.78 is 5.65. The highest BCUT2D eigenvalue weighted by Crippen LogP contribution is 2.30. The van der Waals surface area contributed by atoms with E-state index in [-0.39, 0.29) is 12.3 Å². The van der Waals surface area contributed by atoms with Crippen LogP contribution in [0.4, 0.5) is 5.69 Å². The van der Waals surface area contributed by atoms with Gasteiger partial charge in [-0.3, -0.25) is 15.0 Å². The minimum Gasteiger partial charge on any atom is -0.459 e. The number of nitrogens with zero attached hydrogens (tertiary/aromatic N) is 2. The largest absolute Gasteiger partial charge is 0.459 e. The number of aliphatic hydroxyl groups is 1. The van der Waals surface area contributed by atoms with Crippen LogP contribution in [0.15, 0.2) is 40.8 Å². The van der Waals surface area contributed by atoms with Crippen LogP contribution in [-0.2, 0) is 6.54 Å². The van der Waals surface area contributed by atoms with Gasteiger partial charge in [0.2, 0.25) is 0 Å². The lowest BCUT2D eigenvalue weighted by molar-refractivity contribution is -0.384. The molecule has 0 aliphatic carbocycles. The molecular weight excluding hydrogens is 260 g/mol. The first kappa shape index (κ1) is 14.2. The van der Waals surface area contributed by atoms with E-state index in [0.29, 0.717) is 30.2 Å². The van der Waals surface area contributed by atoms with E-state index in [1.165, 1.54) is 6.07 Å². The smallest absolute Gasteiger partial charge is 0.280 e. The third-order valence-corrected chi connectivity index (χ3v) is 2.94. The second-order valence-electron chi connectivity index (χ2n) is 4.50. The Morgan fingerprint density at radius 3 is 2.75 bits per heavy atom. The maximum atomic E-state index is 11.0. The maximum Gasteiger partial charge on any atom is 0.280 e. The van der Waals surface area contributed by atoms with Crippen molar-refractivity contribution in [1.82, 2.24) is 4.90 Å². The van der Waals surface area contributed by atoms with Gasteiger partial charge in [-0.15, -0.1) is 0 Å². The van der Waals surface area contributed by atoms with Gasteiger partial charge < -0.3 is 9.52 Å². The molecule has 0 amide bonds. The summed E-state index contributed by atoms with van der Waals surface area (Å²) in [4.78, 5) is 12.5. The fourth-order valence-corrected chi connectivity index (χ4v) is 1.96. The lowest BCUT2D eigenvalue weighted by Crippen LogP contribution is -2.21. The summed E-state index contributed by atoms with van der Waals surface area (Å²) in [6.07, 6.45) is 0. The molecule has 2 rings (SSSR count). The third kappa shape index (κ3) is 3.23. The predicted octanol–water partition coefficient (Wildman–Crippen LogP) is 2.28. The molecule has 0 spiro atoms. The Balaban J connectivity index is 2.23. The quantitative estimate of drug-likeness (QED) is 0.646. The second-order valence-corrected chi connectivity index (χ2v) is 4.50. The Labute approximate surface area is 116 Å². The monoisotopic (exact) mass is 276 g/mol. The molecule has 1 heterocycles. The second kappa shape index (κ2) is 6.31. The minimum atomic E-state index is -0.421. The highest BCUT2D eigenvalue weighted by molar-refractivity contribution is 5.69. The number of furan rings is 1. The molecule has 0 aliphatic rings. The van der Waals surface area contributed by atoms with Gasteiger partial charge in [-0.1, -0.05) is 12.1 Å². The number of benzene rings is 1. The van der Waals surface area contributed by atoms with Crippen LogP contribution < -0.4 is 0 Å². The summed E-state index contributed by atoms with van der Waals surface area (Å²) in [5.41, 5.74) is 0.491. The lowest BCUT2D eigenvalue weighted by Gasteiger charge is -2.12. The van der Waals surface area contributed by atoms with E-state index in [2.05, 4.69) is 0 Å². The number of rotatable bonds is 6. The average molecular weight is 276 g/mol. The van der Waals surface area contributed by atoms with Crippen molar-refractivity contribution in [3.8, 4) is 11.3 Å². The Bertz CT molecular complexity index is 594. The van der Waals surface area contributed by atoms with Gasteiger partial charge in [0.25, 0.3) is 5.69 Å². The Morgan fingerprint density at radius 2 is 2.05 bits per heavy atom. The van der Waals surface area contributed by atoms with E-state index >= 15 is 0 Å². The van der Waals surface area contributed by atoms with Crippen LogP contribution in [0.25, 0.3) is 11.3 Å². The number of aliphatic hydroxyl groups excluding tert-OH is 1. The molecular formula is C14H16N2O4. The van der Waals surface area contributed by atoms with Crippen LogP contribution in [-0.4, -0.2) is 35.1 Å². The zero-order valence-corrected chi connectivity index (χ0v) is 11.2. The molecule has 1 aromatic carbocycles. The molecule has 1 aromatic heterocycles. The summed E-state index contributed by atoms with van der Waals surface area (Å²) in [6, 6.07) is 10.0. The van der Waals surface area contributed by atoms with Crippen molar-refractivity contribution in [1.29, 1.82) is 0 Å². The van der Waals surface area contributed by atoms with Crippen LogP contribution in [0, 0.1) is 10.1 Å². The fourth-order valence-electron chi connectivity index (χ4n) is 1.96. The van der Waals surface area contributed by atoms with Gasteiger partial charge >= 0.3 is 0 Å². The molecule has 0 radical (unpaired) electrons. The fraction of sp³-hybridized carbons (Fsp3) is 0.286. The predicted molar refractivity (Wildman–Crippen MR) is 74.2 cm³/mol. The molecule has 0 saturated carbocycles. The molecule has 0 unspecified atom stereocenters. The molecule has 6 nitrogen and oxygen atoms in total. The zero-order valence-electron chi connectivity index (χ0n) is 11.2. The molecule has 0 bridgehead atoms. The SMILES string of the molecule is CN(CCO)Cc1ccc(-c2ccccc2[N+](=O)[O-])o1. The molecule has 2 aromatic rings. The van der Waals surface area contributed by atoms with Gasteiger partial charge in [0.05, 0.1) is 23.6 Å². The van der Waals surface area contributed by atoms with E-state index in [1.807, 2.05) is 11.9 Å². The number of nitro groups is 1. The minimum absolute atomic E-state index is 0.0251. The first-order chi connectivity index (χ1) is 9.61. The normalized spacial score (nSPS) is 10.9. The van der Waals surface area contributed by atoms with E-state index in [9.17, 15) is 10.1 Å². The number of nitro benzene ring substituents is 1.